The van der Waals surface area contributed by atoms with Crippen molar-refractivity contribution < 1.29 is 13.5 Å². The molecule has 1 aliphatic rings. The Morgan fingerprint density at radius 3 is 2.52 bits per heavy atom. The molecule has 0 amide bonds. The van der Waals surface area contributed by atoms with E-state index in [1.807, 2.05) is 0 Å². The number of aliphatic hydroxyl groups is 1. The molecule has 1 saturated carbocycles. The van der Waals surface area contributed by atoms with Crippen molar-refractivity contribution in [3.8, 4) is 0 Å². The van der Waals surface area contributed by atoms with E-state index in [2.05, 4.69) is 12.2 Å². The zero-order chi connectivity index (χ0) is 15.7. The van der Waals surface area contributed by atoms with E-state index in [0.29, 0.717) is 23.8 Å². The lowest BCUT2D eigenvalue weighted by atomic mass is 9.79. The Kier molecular flexibility index (Phi) is 4.46. The molecule has 1 aliphatic carbocycles. The molecule has 0 bridgehead atoms. The van der Waals surface area contributed by atoms with Gasteiger partial charge in [0.1, 0.15) is 0 Å². The van der Waals surface area contributed by atoms with Gasteiger partial charge in [0, 0.05) is 6.54 Å². The Morgan fingerprint density at radius 2 is 2.00 bits per heavy atom. The fraction of sp³-hybridized carbons (Fsp3) is 0.571. The number of nitrogens with two attached hydrogens (primary N) is 2. The molecular weight excluding hydrogens is 290 g/mol. The number of sulfonamides is 1. The van der Waals surface area contributed by atoms with E-state index < -0.39 is 15.6 Å². The fourth-order valence-electron chi connectivity index (χ4n) is 2.61. The molecule has 0 spiro atoms. The van der Waals surface area contributed by atoms with Gasteiger partial charge in [0.25, 0.3) is 0 Å². The third-order valence-corrected chi connectivity index (χ3v) is 5.08. The topological polar surface area (TPSA) is 118 Å². The third kappa shape index (κ3) is 4.09. The predicted octanol–water partition coefficient (Wildman–Crippen LogP) is 1.27. The molecule has 1 aromatic rings. The summed E-state index contributed by atoms with van der Waals surface area (Å²) in [6.45, 7) is 2.59. The van der Waals surface area contributed by atoms with Crippen LogP contribution >= 0.6 is 0 Å². The van der Waals surface area contributed by atoms with E-state index in [1.54, 1.807) is 6.07 Å². The lowest BCUT2D eigenvalue weighted by Gasteiger charge is -2.35. The van der Waals surface area contributed by atoms with Crippen molar-refractivity contribution in [2.45, 2.75) is 43.1 Å². The summed E-state index contributed by atoms with van der Waals surface area (Å²) in [6.07, 6.45) is 3.54. The van der Waals surface area contributed by atoms with Crippen molar-refractivity contribution >= 4 is 21.4 Å². The van der Waals surface area contributed by atoms with Crippen LogP contribution in [0.15, 0.2) is 23.1 Å². The predicted molar refractivity (Wildman–Crippen MR) is 83.3 cm³/mol. The summed E-state index contributed by atoms with van der Waals surface area (Å²) in [4.78, 5) is -0.0178. The van der Waals surface area contributed by atoms with Gasteiger partial charge >= 0.3 is 0 Å². The van der Waals surface area contributed by atoms with E-state index in [4.69, 9.17) is 10.9 Å². The van der Waals surface area contributed by atoms with E-state index in [9.17, 15) is 13.5 Å². The van der Waals surface area contributed by atoms with Gasteiger partial charge in [-0.3, -0.25) is 0 Å². The van der Waals surface area contributed by atoms with E-state index in [1.165, 1.54) is 12.1 Å². The number of benzene rings is 1. The fourth-order valence-corrected chi connectivity index (χ4v) is 3.16. The lowest BCUT2D eigenvalue weighted by molar-refractivity contribution is 0.00502. The minimum atomic E-state index is -3.75. The van der Waals surface area contributed by atoms with Crippen LogP contribution in [0, 0.1) is 5.92 Å². The summed E-state index contributed by atoms with van der Waals surface area (Å²) >= 11 is 0. The first kappa shape index (κ1) is 16.1. The van der Waals surface area contributed by atoms with Crippen LogP contribution in [0.3, 0.4) is 0 Å². The first-order chi connectivity index (χ1) is 9.70. The summed E-state index contributed by atoms with van der Waals surface area (Å²) < 4.78 is 22.5. The van der Waals surface area contributed by atoms with Gasteiger partial charge in [-0.15, -0.1) is 0 Å². The van der Waals surface area contributed by atoms with E-state index in [-0.39, 0.29) is 4.90 Å². The van der Waals surface area contributed by atoms with Gasteiger partial charge in [-0.2, -0.15) is 0 Å². The molecule has 0 aromatic heterocycles. The monoisotopic (exact) mass is 313 g/mol. The van der Waals surface area contributed by atoms with Crippen molar-refractivity contribution in [1.29, 1.82) is 0 Å². The minimum absolute atomic E-state index is 0.0178. The first-order valence-electron chi connectivity index (χ1n) is 7.08. The van der Waals surface area contributed by atoms with E-state index in [0.717, 1.165) is 25.7 Å². The highest BCUT2D eigenvalue weighted by atomic mass is 32.2. The average Bonchev–Trinajstić information content (AvgIpc) is 2.40. The van der Waals surface area contributed by atoms with Crippen LogP contribution in [0.2, 0.25) is 0 Å². The minimum Gasteiger partial charge on any atom is -0.397 e. The maximum absolute atomic E-state index is 11.2. The Balaban J connectivity index is 2.04. The van der Waals surface area contributed by atoms with Gasteiger partial charge in [-0.1, -0.05) is 6.92 Å². The molecule has 118 valence electrons. The lowest BCUT2D eigenvalue weighted by Crippen LogP contribution is -2.40. The van der Waals surface area contributed by atoms with Crippen molar-refractivity contribution in [1.82, 2.24) is 0 Å². The van der Waals surface area contributed by atoms with Crippen LogP contribution in [0.4, 0.5) is 11.4 Å². The van der Waals surface area contributed by atoms with Gasteiger partial charge in [0.2, 0.25) is 10.0 Å². The number of primary sulfonamides is 1. The molecule has 1 aromatic carbocycles. The Hall–Kier alpha value is -1.31. The molecule has 6 nitrogen and oxygen atoms in total. The number of nitrogen functional groups attached to an aromatic ring is 1. The standard InChI is InChI=1S/C14H23N3O3S/c1-10-4-6-14(18,7-5-10)9-17-13-3-2-11(8-12(13)15)21(16,19)20/h2-3,8,10,17-18H,4-7,9,15H2,1H3,(H2,16,19,20). The van der Waals surface area contributed by atoms with Gasteiger partial charge in [-0.25, -0.2) is 13.6 Å². The summed E-state index contributed by atoms with van der Waals surface area (Å²) in [6, 6.07) is 4.30. The van der Waals surface area contributed by atoms with Crippen molar-refractivity contribution in [2.24, 2.45) is 11.1 Å². The molecule has 0 heterocycles. The molecule has 2 rings (SSSR count). The molecule has 0 unspecified atom stereocenters. The van der Waals surface area contributed by atoms with Gasteiger partial charge < -0.3 is 16.2 Å². The molecule has 0 aliphatic heterocycles. The maximum atomic E-state index is 11.2. The van der Waals surface area contributed by atoms with Crippen molar-refractivity contribution in [2.75, 3.05) is 17.6 Å². The van der Waals surface area contributed by atoms with Crippen LogP contribution in [-0.4, -0.2) is 25.7 Å². The highest BCUT2D eigenvalue weighted by Gasteiger charge is 2.31. The first-order valence-corrected chi connectivity index (χ1v) is 8.63. The zero-order valence-corrected chi connectivity index (χ0v) is 13.0. The second-order valence-corrected chi connectivity index (χ2v) is 7.62. The second kappa shape index (κ2) is 5.82. The van der Waals surface area contributed by atoms with Gasteiger partial charge in [-0.05, 0) is 49.8 Å². The second-order valence-electron chi connectivity index (χ2n) is 6.05. The highest BCUT2D eigenvalue weighted by Crippen LogP contribution is 2.32. The Bertz CT molecular complexity index is 608. The number of hydrogen-bond donors (Lipinski definition) is 4. The summed E-state index contributed by atoms with van der Waals surface area (Å²) in [5, 5.41) is 18.7. The van der Waals surface area contributed by atoms with Crippen LogP contribution in [-0.2, 0) is 10.0 Å². The van der Waals surface area contributed by atoms with Gasteiger partial charge in [0.05, 0.1) is 21.9 Å². The number of hydrogen-bond acceptors (Lipinski definition) is 5. The quantitative estimate of drug-likeness (QED) is 0.624. The number of nitrogens with one attached hydrogen (secondary N) is 1. The molecule has 7 heteroatoms. The number of rotatable bonds is 4. The molecule has 0 atom stereocenters. The summed E-state index contributed by atoms with van der Waals surface area (Å²) in [5.41, 5.74) is 6.02. The summed E-state index contributed by atoms with van der Waals surface area (Å²) in [5.74, 6) is 0.657. The SMILES string of the molecule is CC1CCC(O)(CNc2ccc(S(N)(=O)=O)cc2N)CC1. The Labute approximate surface area is 125 Å². The molecular formula is C14H23N3O3S. The molecule has 0 radical (unpaired) electrons. The van der Waals surface area contributed by atoms with Crippen molar-refractivity contribution in [3.63, 3.8) is 0 Å². The number of anilines is 2. The maximum Gasteiger partial charge on any atom is 0.238 e. The summed E-state index contributed by atoms with van der Waals surface area (Å²) in [7, 11) is -3.75. The van der Waals surface area contributed by atoms with Crippen LogP contribution < -0.4 is 16.2 Å². The van der Waals surface area contributed by atoms with Crippen LogP contribution in [0.25, 0.3) is 0 Å². The third-order valence-electron chi connectivity index (χ3n) is 4.16. The largest absolute Gasteiger partial charge is 0.397 e. The molecule has 6 N–H and O–H groups in total. The van der Waals surface area contributed by atoms with Crippen LogP contribution in [0.1, 0.15) is 32.6 Å². The smallest absolute Gasteiger partial charge is 0.238 e. The normalized spacial score (nSPS) is 26.5. The highest BCUT2D eigenvalue weighted by molar-refractivity contribution is 7.89. The molecule has 21 heavy (non-hydrogen) atoms. The molecule has 0 saturated heterocycles. The van der Waals surface area contributed by atoms with Gasteiger partial charge in [0.15, 0.2) is 0 Å². The van der Waals surface area contributed by atoms with Crippen molar-refractivity contribution in [3.05, 3.63) is 18.2 Å². The average molecular weight is 313 g/mol. The Morgan fingerprint density at radius 1 is 1.38 bits per heavy atom. The van der Waals surface area contributed by atoms with E-state index >= 15 is 0 Å². The zero-order valence-electron chi connectivity index (χ0n) is 12.2. The molecule has 1 fully saturated rings. The van der Waals surface area contributed by atoms with Crippen LogP contribution in [0.5, 0.6) is 0 Å².